The summed E-state index contributed by atoms with van der Waals surface area (Å²) in [5.74, 6) is 1.53. The highest BCUT2D eigenvalue weighted by atomic mass is 32.1. The molecule has 5 nitrogen and oxygen atoms in total. The minimum absolute atomic E-state index is 0.119. The van der Waals surface area contributed by atoms with Crippen LogP contribution in [-0.4, -0.2) is 22.8 Å². The summed E-state index contributed by atoms with van der Waals surface area (Å²) in [6.07, 6.45) is 6.17. The van der Waals surface area contributed by atoms with Crippen LogP contribution in [0.3, 0.4) is 0 Å². The number of hydrogen-bond donors (Lipinski definition) is 1. The Morgan fingerprint density at radius 3 is 2.74 bits per heavy atom. The third-order valence-corrected chi connectivity index (χ3v) is 5.60. The maximum atomic E-state index is 12.2. The number of benzene rings is 1. The third-order valence-electron chi connectivity index (χ3n) is 4.42. The highest BCUT2D eigenvalue weighted by Crippen LogP contribution is 2.38. The smallest absolute Gasteiger partial charge is 0.387 e. The van der Waals surface area contributed by atoms with Crippen LogP contribution in [0.25, 0.3) is 10.2 Å². The number of ether oxygens (including phenoxy) is 1. The van der Waals surface area contributed by atoms with Crippen LogP contribution in [-0.2, 0) is 12.8 Å². The number of halogens is 2. The summed E-state index contributed by atoms with van der Waals surface area (Å²) in [7, 11) is 0. The lowest BCUT2D eigenvalue weighted by atomic mass is 9.97. The van der Waals surface area contributed by atoms with Crippen molar-refractivity contribution in [3.63, 3.8) is 0 Å². The van der Waals surface area contributed by atoms with E-state index in [1.165, 1.54) is 35.4 Å². The van der Waals surface area contributed by atoms with Crippen molar-refractivity contribution in [1.82, 2.24) is 9.97 Å². The van der Waals surface area contributed by atoms with E-state index in [1.807, 2.05) is 6.92 Å². The molecule has 4 rings (SSSR count). The molecule has 2 heterocycles. The van der Waals surface area contributed by atoms with Gasteiger partial charge in [-0.15, -0.1) is 11.3 Å². The van der Waals surface area contributed by atoms with Crippen molar-refractivity contribution in [2.75, 3.05) is 5.43 Å². The standard InChI is InChI=1S/C19H18F2N4OS/c1-11-23-17(16-14-4-2-3-5-15(14)27-18(16)24-11)25-22-10-12-6-8-13(9-7-12)26-19(20)21/h6-10,19H,2-5H2,1H3,(H,23,24,25)/b22-10-. The second kappa shape index (κ2) is 7.56. The first-order valence-electron chi connectivity index (χ1n) is 8.73. The molecule has 2 aromatic heterocycles. The molecule has 0 saturated heterocycles. The van der Waals surface area contributed by atoms with Crippen LogP contribution in [0, 0.1) is 6.92 Å². The first kappa shape index (κ1) is 17.8. The Labute approximate surface area is 159 Å². The van der Waals surface area contributed by atoms with Gasteiger partial charge in [0, 0.05) is 4.88 Å². The van der Waals surface area contributed by atoms with Gasteiger partial charge in [-0.3, -0.25) is 5.43 Å². The van der Waals surface area contributed by atoms with Crippen molar-refractivity contribution in [2.24, 2.45) is 5.10 Å². The van der Waals surface area contributed by atoms with E-state index in [2.05, 4.69) is 25.2 Å². The predicted molar refractivity (Wildman–Crippen MR) is 103 cm³/mol. The normalized spacial score (nSPS) is 14.1. The topological polar surface area (TPSA) is 59.4 Å². The molecule has 3 aromatic rings. The molecule has 1 aromatic carbocycles. The summed E-state index contributed by atoms with van der Waals surface area (Å²) in [6, 6.07) is 6.29. The van der Waals surface area contributed by atoms with Gasteiger partial charge in [-0.2, -0.15) is 13.9 Å². The number of nitrogens with one attached hydrogen (secondary N) is 1. The van der Waals surface area contributed by atoms with Crippen molar-refractivity contribution in [3.8, 4) is 5.75 Å². The number of aryl methyl sites for hydroxylation is 3. The van der Waals surface area contributed by atoms with E-state index in [1.54, 1.807) is 29.7 Å². The Bertz CT molecular complexity index is 986. The molecule has 0 saturated carbocycles. The molecular weight excluding hydrogens is 370 g/mol. The van der Waals surface area contributed by atoms with Gasteiger partial charge < -0.3 is 4.74 Å². The van der Waals surface area contributed by atoms with Crippen LogP contribution in [0.4, 0.5) is 14.6 Å². The quantitative estimate of drug-likeness (QED) is 0.498. The Morgan fingerprint density at radius 1 is 1.19 bits per heavy atom. The first-order valence-corrected chi connectivity index (χ1v) is 9.54. The first-order chi connectivity index (χ1) is 13.1. The highest BCUT2D eigenvalue weighted by molar-refractivity contribution is 7.19. The highest BCUT2D eigenvalue weighted by Gasteiger charge is 2.20. The monoisotopic (exact) mass is 388 g/mol. The Hall–Kier alpha value is -2.61. The third kappa shape index (κ3) is 3.90. The second-order valence-corrected chi connectivity index (χ2v) is 7.41. The second-order valence-electron chi connectivity index (χ2n) is 6.33. The molecule has 1 aliphatic rings. The van der Waals surface area contributed by atoms with Crippen LogP contribution < -0.4 is 10.2 Å². The molecule has 0 unspecified atom stereocenters. The largest absolute Gasteiger partial charge is 0.435 e. The molecule has 8 heteroatoms. The minimum atomic E-state index is -2.83. The number of anilines is 1. The molecule has 1 N–H and O–H groups in total. The summed E-state index contributed by atoms with van der Waals surface area (Å²) in [4.78, 5) is 11.5. The number of fused-ring (bicyclic) bond motifs is 3. The minimum Gasteiger partial charge on any atom is -0.435 e. The molecule has 0 fully saturated rings. The Kier molecular flexibility index (Phi) is 4.98. The van der Waals surface area contributed by atoms with Crippen molar-refractivity contribution in [3.05, 3.63) is 46.1 Å². The van der Waals surface area contributed by atoms with Gasteiger partial charge in [0.1, 0.15) is 16.4 Å². The van der Waals surface area contributed by atoms with E-state index in [0.717, 1.165) is 28.6 Å². The number of alkyl halides is 2. The summed E-state index contributed by atoms with van der Waals surface area (Å²) in [5.41, 5.74) is 5.14. The number of aromatic nitrogens is 2. The molecule has 0 aliphatic heterocycles. The van der Waals surface area contributed by atoms with E-state index < -0.39 is 6.61 Å². The number of thiophene rings is 1. The van der Waals surface area contributed by atoms with Crippen molar-refractivity contribution in [2.45, 2.75) is 39.2 Å². The van der Waals surface area contributed by atoms with E-state index in [9.17, 15) is 8.78 Å². The van der Waals surface area contributed by atoms with Gasteiger partial charge in [0.15, 0.2) is 5.82 Å². The molecule has 27 heavy (non-hydrogen) atoms. The van der Waals surface area contributed by atoms with Crippen LogP contribution >= 0.6 is 11.3 Å². The van der Waals surface area contributed by atoms with Gasteiger partial charge in [-0.25, -0.2) is 9.97 Å². The van der Waals surface area contributed by atoms with Crippen LogP contribution in [0.5, 0.6) is 5.75 Å². The molecule has 0 amide bonds. The van der Waals surface area contributed by atoms with E-state index >= 15 is 0 Å². The fourth-order valence-electron chi connectivity index (χ4n) is 3.25. The predicted octanol–water partition coefficient (Wildman–Crippen LogP) is 4.93. The zero-order valence-electron chi connectivity index (χ0n) is 14.7. The zero-order chi connectivity index (χ0) is 18.8. The average Bonchev–Trinajstić information content (AvgIpc) is 3.00. The van der Waals surface area contributed by atoms with Crippen LogP contribution in [0.2, 0.25) is 0 Å². The van der Waals surface area contributed by atoms with Gasteiger partial charge in [0.2, 0.25) is 0 Å². The van der Waals surface area contributed by atoms with Gasteiger partial charge in [0.25, 0.3) is 0 Å². The fourth-order valence-corrected chi connectivity index (χ4v) is 4.56. The van der Waals surface area contributed by atoms with E-state index in [-0.39, 0.29) is 5.75 Å². The summed E-state index contributed by atoms with van der Waals surface area (Å²) in [6.45, 7) is -0.958. The summed E-state index contributed by atoms with van der Waals surface area (Å²) in [5, 5.41) is 5.34. The summed E-state index contributed by atoms with van der Waals surface area (Å²) < 4.78 is 28.7. The maximum absolute atomic E-state index is 12.2. The molecule has 0 atom stereocenters. The Balaban J connectivity index is 1.56. The van der Waals surface area contributed by atoms with E-state index in [4.69, 9.17) is 0 Å². The number of hydrazone groups is 1. The van der Waals surface area contributed by atoms with Crippen LogP contribution in [0.1, 0.15) is 34.7 Å². The molecule has 1 aliphatic carbocycles. The van der Waals surface area contributed by atoms with Gasteiger partial charge in [-0.1, -0.05) is 0 Å². The van der Waals surface area contributed by atoms with Crippen molar-refractivity contribution >= 4 is 33.6 Å². The van der Waals surface area contributed by atoms with Crippen molar-refractivity contribution < 1.29 is 13.5 Å². The fraction of sp³-hybridized carbons (Fsp3) is 0.316. The molecule has 0 bridgehead atoms. The Morgan fingerprint density at radius 2 is 1.96 bits per heavy atom. The van der Waals surface area contributed by atoms with E-state index in [0.29, 0.717) is 11.6 Å². The maximum Gasteiger partial charge on any atom is 0.387 e. The van der Waals surface area contributed by atoms with Gasteiger partial charge >= 0.3 is 6.61 Å². The van der Waals surface area contributed by atoms with Gasteiger partial charge in [0.05, 0.1) is 11.6 Å². The number of nitrogens with zero attached hydrogens (tertiary/aromatic N) is 3. The summed E-state index contributed by atoms with van der Waals surface area (Å²) >= 11 is 1.75. The number of rotatable bonds is 5. The van der Waals surface area contributed by atoms with Crippen molar-refractivity contribution in [1.29, 1.82) is 0 Å². The molecule has 140 valence electrons. The molecule has 0 radical (unpaired) electrons. The lowest BCUT2D eigenvalue weighted by Gasteiger charge is -2.11. The molecular formula is C19H18F2N4OS. The zero-order valence-corrected chi connectivity index (χ0v) is 15.5. The van der Waals surface area contributed by atoms with Gasteiger partial charge in [-0.05, 0) is 68.0 Å². The number of hydrogen-bond acceptors (Lipinski definition) is 6. The average molecular weight is 388 g/mol. The lowest BCUT2D eigenvalue weighted by molar-refractivity contribution is -0.0498. The SMILES string of the molecule is Cc1nc(N/N=C\c2ccc(OC(F)F)cc2)c2c3c(sc2n1)CCCC3. The lowest BCUT2D eigenvalue weighted by Crippen LogP contribution is -2.02. The molecule has 0 spiro atoms. The van der Waals surface area contributed by atoms with Crippen LogP contribution in [0.15, 0.2) is 29.4 Å².